The molecular formula is C16H24FN3. The number of rotatable bonds is 6. The Balaban J connectivity index is 2.17. The fourth-order valence-electron chi connectivity index (χ4n) is 2.79. The summed E-state index contributed by atoms with van der Waals surface area (Å²) in [5, 5.41) is 0. The summed E-state index contributed by atoms with van der Waals surface area (Å²) in [6.45, 7) is 5.18. The highest BCUT2D eigenvalue weighted by Gasteiger charge is 2.16. The van der Waals surface area contributed by atoms with Crippen LogP contribution < -0.4 is 5.73 Å². The second kappa shape index (κ2) is 6.35. The molecule has 1 heterocycles. The molecule has 2 rings (SSSR count). The van der Waals surface area contributed by atoms with Gasteiger partial charge in [-0.3, -0.25) is 0 Å². The molecule has 0 bridgehead atoms. The Labute approximate surface area is 120 Å². The monoisotopic (exact) mass is 277 g/mol. The topological polar surface area (TPSA) is 43.8 Å². The number of hydrogen-bond acceptors (Lipinski definition) is 2. The maximum absolute atomic E-state index is 13.7. The van der Waals surface area contributed by atoms with Crippen molar-refractivity contribution in [2.75, 3.05) is 6.54 Å². The molecular weight excluding hydrogens is 253 g/mol. The van der Waals surface area contributed by atoms with Gasteiger partial charge in [0.1, 0.15) is 11.3 Å². The van der Waals surface area contributed by atoms with Gasteiger partial charge in [-0.2, -0.15) is 0 Å². The maximum Gasteiger partial charge on any atom is 0.151 e. The van der Waals surface area contributed by atoms with Gasteiger partial charge in [0.05, 0.1) is 5.52 Å². The molecule has 0 aliphatic rings. The molecule has 0 fully saturated rings. The average Bonchev–Trinajstić information content (AvgIpc) is 2.73. The average molecular weight is 277 g/mol. The zero-order valence-corrected chi connectivity index (χ0v) is 12.6. The van der Waals surface area contributed by atoms with E-state index >= 15 is 0 Å². The van der Waals surface area contributed by atoms with Gasteiger partial charge in [0.2, 0.25) is 0 Å². The molecule has 2 N–H and O–H groups in total. The Hall–Kier alpha value is -1.42. The normalized spacial score (nSPS) is 13.3. The molecule has 0 saturated carbocycles. The van der Waals surface area contributed by atoms with E-state index in [1.54, 1.807) is 6.07 Å². The minimum Gasteiger partial charge on any atom is -0.331 e. The van der Waals surface area contributed by atoms with E-state index in [0.29, 0.717) is 17.4 Å². The number of aryl methyl sites for hydroxylation is 2. The first kappa shape index (κ1) is 15.0. The van der Waals surface area contributed by atoms with E-state index in [9.17, 15) is 4.39 Å². The Morgan fingerprint density at radius 1 is 1.30 bits per heavy atom. The number of halogens is 1. The lowest BCUT2D eigenvalue weighted by Crippen LogP contribution is -2.16. The third-order valence-corrected chi connectivity index (χ3v) is 4.17. The zero-order chi connectivity index (χ0) is 14.7. The number of nitrogens with two attached hydrogens (primary N) is 1. The predicted molar refractivity (Wildman–Crippen MR) is 81.0 cm³/mol. The number of hydrogen-bond donors (Lipinski definition) is 1. The van der Waals surface area contributed by atoms with Crippen molar-refractivity contribution in [1.29, 1.82) is 0 Å². The third kappa shape index (κ3) is 3.01. The van der Waals surface area contributed by atoms with E-state index < -0.39 is 0 Å². The van der Waals surface area contributed by atoms with E-state index in [1.807, 2.05) is 17.7 Å². The first-order valence-corrected chi connectivity index (χ1v) is 7.34. The van der Waals surface area contributed by atoms with Crippen molar-refractivity contribution in [2.45, 2.75) is 33.1 Å². The molecule has 1 unspecified atom stereocenters. The van der Waals surface area contributed by atoms with Crippen LogP contribution in [-0.2, 0) is 13.5 Å². The first-order chi connectivity index (χ1) is 9.54. The van der Waals surface area contributed by atoms with Gasteiger partial charge in [-0.15, -0.1) is 0 Å². The van der Waals surface area contributed by atoms with E-state index in [2.05, 4.69) is 18.8 Å². The van der Waals surface area contributed by atoms with Crippen LogP contribution in [-0.4, -0.2) is 16.1 Å². The lowest BCUT2D eigenvalue weighted by molar-refractivity contribution is 0.338. The summed E-state index contributed by atoms with van der Waals surface area (Å²) in [5.74, 6) is 1.93. The second-order valence-electron chi connectivity index (χ2n) is 5.81. The molecule has 0 radical (unpaired) electrons. The van der Waals surface area contributed by atoms with Crippen molar-refractivity contribution in [3.8, 4) is 0 Å². The maximum atomic E-state index is 13.7. The van der Waals surface area contributed by atoms with E-state index in [1.165, 1.54) is 6.07 Å². The van der Waals surface area contributed by atoms with Crippen molar-refractivity contribution in [3.05, 3.63) is 29.8 Å². The third-order valence-electron chi connectivity index (χ3n) is 4.17. The van der Waals surface area contributed by atoms with Crippen molar-refractivity contribution >= 4 is 11.0 Å². The van der Waals surface area contributed by atoms with Crippen LogP contribution in [0.25, 0.3) is 11.0 Å². The van der Waals surface area contributed by atoms with Gasteiger partial charge in [0.15, 0.2) is 5.82 Å². The molecule has 0 aliphatic heterocycles. The summed E-state index contributed by atoms with van der Waals surface area (Å²) in [6, 6.07) is 5.10. The summed E-state index contributed by atoms with van der Waals surface area (Å²) >= 11 is 0. The van der Waals surface area contributed by atoms with Crippen molar-refractivity contribution in [2.24, 2.45) is 24.6 Å². The van der Waals surface area contributed by atoms with E-state index in [-0.39, 0.29) is 5.82 Å². The molecule has 20 heavy (non-hydrogen) atoms. The Kier molecular flexibility index (Phi) is 4.76. The summed E-state index contributed by atoms with van der Waals surface area (Å²) < 4.78 is 15.7. The fourth-order valence-corrected chi connectivity index (χ4v) is 2.79. The molecule has 3 nitrogen and oxygen atoms in total. The number of aromatic nitrogens is 2. The number of para-hydroxylation sites is 1. The molecule has 0 saturated heterocycles. The van der Waals surface area contributed by atoms with Crippen LogP contribution in [0.3, 0.4) is 0 Å². The van der Waals surface area contributed by atoms with Gasteiger partial charge >= 0.3 is 0 Å². The Morgan fingerprint density at radius 2 is 2.05 bits per heavy atom. The molecule has 4 heteroatoms. The van der Waals surface area contributed by atoms with Crippen LogP contribution in [0.15, 0.2) is 18.2 Å². The lowest BCUT2D eigenvalue weighted by atomic mass is 9.88. The van der Waals surface area contributed by atoms with Crippen molar-refractivity contribution < 1.29 is 4.39 Å². The molecule has 1 aromatic carbocycles. The van der Waals surface area contributed by atoms with Crippen LogP contribution >= 0.6 is 0 Å². The first-order valence-electron chi connectivity index (χ1n) is 7.34. The minimum atomic E-state index is -0.244. The molecule has 1 atom stereocenters. The van der Waals surface area contributed by atoms with Crippen LogP contribution in [0.5, 0.6) is 0 Å². The van der Waals surface area contributed by atoms with E-state index in [0.717, 1.165) is 37.1 Å². The largest absolute Gasteiger partial charge is 0.331 e. The number of fused-ring (bicyclic) bond motifs is 1. The fraction of sp³-hybridized carbons (Fsp3) is 0.562. The minimum absolute atomic E-state index is 0.244. The lowest BCUT2D eigenvalue weighted by Gasteiger charge is -2.19. The van der Waals surface area contributed by atoms with Gasteiger partial charge in [-0.1, -0.05) is 19.9 Å². The SMILES string of the molecule is CC(C)C(CCN)CCc1nc2c(F)cccc2n1C. The highest BCUT2D eigenvalue weighted by atomic mass is 19.1. The quantitative estimate of drug-likeness (QED) is 0.880. The van der Waals surface area contributed by atoms with Crippen molar-refractivity contribution in [1.82, 2.24) is 9.55 Å². The van der Waals surface area contributed by atoms with Crippen LogP contribution in [0.2, 0.25) is 0 Å². The van der Waals surface area contributed by atoms with Gasteiger partial charge in [0, 0.05) is 13.5 Å². The Bertz CT molecular complexity index is 574. The molecule has 2 aromatic rings. The highest BCUT2D eigenvalue weighted by molar-refractivity contribution is 5.76. The standard InChI is InChI=1S/C16H24FN3/c1-11(2)12(9-10-18)7-8-15-19-16-13(17)5-4-6-14(16)20(15)3/h4-6,11-12H,7-10,18H2,1-3H3. The summed E-state index contributed by atoms with van der Waals surface area (Å²) in [7, 11) is 1.96. The second-order valence-corrected chi connectivity index (χ2v) is 5.81. The molecule has 0 aliphatic carbocycles. The highest BCUT2D eigenvalue weighted by Crippen LogP contribution is 2.23. The van der Waals surface area contributed by atoms with Gasteiger partial charge in [-0.05, 0) is 43.4 Å². The molecule has 1 aromatic heterocycles. The van der Waals surface area contributed by atoms with Crippen LogP contribution in [0, 0.1) is 17.7 Å². The van der Waals surface area contributed by atoms with Gasteiger partial charge in [-0.25, -0.2) is 9.37 Å². The predicted octanol–water partition coefficient (Wildman–Crippen LogP) is 3.27. The number of nitrogens with zero attached hydrogens (tertiary/aromatic N) is 2. The number of imidazole rings is 1. The molecule has 0 spiro atoms. The smallest absolute Gasteiger partial charge is 0.151 e. The van der Waals surface area contributed by atoms with Crippen LogP contribution in [0.1, 0.15) is 32.5 Å². The Morgan fingerprint density at radius 3 is 2.65 bits per heavy atom. The van der Waals surface area contributed by atoms with Crippen LogP contribution in [0.4, 0.5) is 4.39 Å². The zero-order valence-electron chi connectivity index (χ0n) is 12.6. The number of benzene rings is 1. The summed E-state index contributed by atoms with van der Waals surface area (Å²) in [6.07, 6.45) is 2.96. The van der Waals surface area contributed by atoms with Gasteiger partial charge < -0.3 is 10.3 Å². The van der Waals surface area contributed by atoms with Crippen molar-refractivity contribution in [3.63, 3.8) is 0 Å². The van der Waals surface area contributed by atoms with Gasteiger partial charge in [0.25, 0.3) is 0 Å². The van der Waals surface area contributed by atoms with E-state index in [4.69, 9.17) is 5.73 Å². The summed E-state index contributed by atoms with van der Waals surface area (Å²) in [4.78, 5) is 4.46. The summed E-state index contributed by atoms with van der Waals surface area (Å²) in [5.41, 5.74) is 7.01. The molecule has 0 amide bonds. The molecule has 110 valence electrons.